The Hall–Kier alpha value is -7.50. The van der Waals surface area contributed by atoms with E-state index >= 15 is 0 Å². The molecule has 0 bridgehead atoms. The first-order valence-corrected chi connectivity index (χ1v) is 21.4. The number of nitrogens with one attached hydrogen (secondary N) is 7. The molecule has 0 aliphatic carbocycles. The third-order valence-electron chi connectivity index (χ3n) is 9.88. The molecule has 11 amide bonds. The van der Waals surface area contributed by atoms with Crippen molar-refractivity contribution in [2.24, 2.45) is 22.9 Å². The van der Waals surface area contributed by atoms with Crippen LogP contribution in [0.25, 0.3) is 0 Å². The van der Waals surface area contributed by atoms with Crippen molar-refractivity contribution in [2.45, 2.75) is 139 Å². The fourth-order valence-electron chi connectivity index (χ4n) is 6.00. The van der Waals surface area contributed by atoms with Crippen molar-refractivity contribution in [3.05, 3.63) is 0 Å². The number of aliphatic carboxylic acids is 3. The number of carboxylic acid groups (broad SMARTS) is 3. The molecule has 0 aliphatic rings. The van der Waals surface area contributed by atoms with Crippen LogP contribution in [0, 0.1) is 0 Å². The monoisotopic (exact) mass is 988 g/mol. The first-order valence-electron chi connectivity index (χ1n) is 21.4. The average Bonchev–Trinajstić information content (AvgIpc) is 3.26. The minimum atomic E-state index is -1.86. The summed E-state index contributed by atoms with van der Waals surface area (Å²) in [4.78, 5) is 174. The molecule has 0 aliphatic heterocycles. The lowest BCUT2D eigenvalue weighted by molar-refractivity contribution is -0.144. The number of aliphatic hydroxyl groups is 1. The molecule has 0 unspecified atom stereocenters. The zero-order valence-electron chi connectivity index (χ0n) is 38.3. The van der Waals surface area contributed by atoms with Crippen molar-refractivity contribution in [2.75, 3.05) is 20.2 Å². The van der Waals surface area contributed by atoms with Crippen LogP contribution in [0.4, 0.5) is 0 Å². The Balaban J connectivity index is 6.05. The topological polar surface area (TPSA) is 511 Å². The van der Waals surface area contributed by atoms with Crippen LogP contribution in [0.3, 0.4) is 0 Å². The van der Waals surface area contributed by atoms with Gasteiger partial charge in [0.15, 0.2) is 0 Å². The van der Waals surface area contributed by atoms with Gasteiger partial charge < -0.3 is 85.5 Å². The number of amides is 11. The number of aliphatic hydroxyl groups excluding tert-OH is 1. The van der Waals surface area contributed by atoms with Crippen LogP contribution in [0.1, 0.15) is 90.9 Å². The zero-order valence-corrected chi connectivity index (χ0v) is 38.3. The first kappa shape index (κ1) is 61.5. The number of hydrogen-bond acceptors (Lipinski definition) is 16. The molecule has 0 spiro atoms. The number of carbonyl (C=O) groups excluding carboxylic acids is 11. The van der Waals surface area contributed by atoms with E-state index in [1.165, 1.54) is 0 Å². The quantitative estimate of drug-likeness (QED) is 0.0280. The highest BCUT2D eigenvalue weighted by Crippen LogP contribution is 2.11. The summed E-state index contributed by atoms with van der Waals surface area (Å²) in [5.74, 6) is -15.6. The molecule has 19 N–H and O–H groups in total. The van der Waals surface area contributed by atoms with E-state index < -0.39 is 189 Å². The molecule has 8 atom stereocenters. The minimum absolute atomic E-state index is 0.116. The molecule has 69 heavy (non-hydrogen) atoms. The Bertz CT molecular complexity index is 1900. The molecule has 0 aromatic rings. The van der Waals surface area contributed by atoms with Gasteiger partial charge in [-0.15, -0.1) is 0 Å². The van der Waals surface area contributed by atoms with Crippen molar-refractivity contribution in [3.8, 4) is 0 Å². The number of nitrogens with zero attached hydrogens (tertiary/aromatic N) is 1. The number of likely N-dealkylation sites (N-methyl/N-ethyl adjacent to an activating group) is 1. The van der Waals surface area contributed by atoms with E-state index in [2.05, 4.69) is 37.2 Å². The predicted molar refractivity (Wildman–Crippen MR) is 233 cm³/mol. The number of primary amides is 3. The third kappa shape index (κ3) is 24.7. The number of carbonyl (C=O) groups is 14. The predicted octanol–water partition coefficient (Wildman–Crippen LogP) is -7.41. The summed E-state index contributed by atoms with van der Waals surface area (Å²) in [6, 6.07) is -12.6. The molecular formula is C39H64N12O18. The number of carboxylic acids is 3. The summed E-state index contributed by atoms with van der Waals surface area (Å²) in [7, 11) is 1.05. The Morgan fingerprint density at radius 3 is 1.49 bits per heavy atom. The van der Waals surface area contributed by atoms with Gasteiger partial charge in [-0.3, -0.25) is 67.1 Å². The van der Waals surface area contributed by atoms with Gasteiger partial charge in [-0.1, -0.05) is 19.8 Å². The van der Waals surface area contributed by atoms with E-state index in [0.29, 0.717) is 11.3 Å². The molecule has 0 aromatic carbocycles. The van der Waals surface area contributed by atoms with Crippen molar-refractivity contribution in [3.63, 3.8) is 0 Å². The zero-order chi connectivity index (χ0) is 53.1. The number of unbranched alkanes of at least 4 members (excludes halogenated alkanes) is 1. The van der Waals surface area contributed by atoms with Gasteiger partial charge in [0.05, 0.1) is 25.6 Å². The van der Waals surface area contributed by atoms with Gasteiger partial charge in [0.25, 0.3) is 0 Å². The summed E-state index contributed by atoms with van der Waals surface area (Å²) in [6.45, 7) is 0.947. The molecule has 0 saturated carbocycles. The summed E-state index contributed by atoms with van der Waals surface area (Å²) < 4.78 is 0. The second-order valence-electron chi connectivity index (χ2n) is 15.6. The summed E-state index contributed by atoms with van der Waals surface area (Å²) in [6.07, 6.45) is -4.01. The summed E-state index contributed by atoms with van der Waals surface area (Å²) >= 11 is 0. The van der Waals surface area contributed by atoms with E-state index in [0.717, 1.165) is 14.0 Å². The molecule has 30 nitrogen and oxygen atoms in total. The number of nitrogens with two attached hydrogens (primary N) is 4. The van der Waals surface area contributed by atoms with Crippen LogP contribution in [0.5, 0.6) is 0 Å². The van der Waals surface area contributed by atoms with Crippen LogP contribution in [-0.2, 0) is 67.1 Å². The number of rotatable bonds is 35. The molecule has 0 heterocycles. The van der Waals surface area contributed by atoms with Crippen LogP contribution >= 0.6 is 0 Å². The van der Waals surface area contributed by atoms with Gasteiger partial charge in [0.2, 0.25) is 65.0 Å². The minimum Gasteiger partial charge on any atom is -0.481 e. The van der Waals surface area contributed by atoms with E-state index in [1.54, 1.807) is 6.92 Å². The van der Waals surface area contributed by atoms with Crippen molar-refractivity contribution < 1.29 is 87.5 Å². The molecular weight excluding hydrogens is 924 g/mol. The third-order valence-corrected chi connectivity index (χ3v) is 9.88. The average molecular weight is 989 g/mol. The SMILES string of the molecule is CCCC[C@H](NC(=O)[C@H](CCC(=O)O)NC(=O)[C@H](C)NC(=O)CNC(=O)[C@H](CCC(N)=O)NC(=O)[C@@H](N)CCC(=O)O)C(=O)N[C@@H](CO)C(=O)N[C@@H](CC(N)=O)C(=O)N(C)[C@@H](CCC(=O)O)C(N)=O. The molecule has 0 fully saturated rings. The van der Waals surface area contributed by atoms with Gasteiger partial charge in [-0.25, -0.2) is 0 Å². The van der Waals surface area contributed by atoms with E-state index in [1.807, 2.05) is 0 Å². The first-order chi connectivity index (χ1) is 32.1. The van der Waals surface area contributed by atoms with Crippen LogP contribution in [0.15, 0.2) is 0 Å². The second-order valence-corrected chi connectivity index (χ2v) is 15.6. The highest BCUT2D eigenvalue weighted by Gasteiger charge is 2.36. The Kier molecular flexibility index (Phi) is 28.0. The lowest BCUT2D eigenvalue weighted by atomic mass is 10.1. The van der Waals surface area contributed by atoms with Crippen LogP contribution < -0.4 is 60.2 Å². The maximum absolute atomic E-state index is 13.6. The lowest BCUT2D eigenvalue weighted by Crippen LogP contribution is -2.60. The van der Waals surface area contributed by atoms with Gasteiger partial charge >= 0.3 is 17.9 Å². The Morgan fingerprint density at radius 2 is 0.986 bits per heavy atom. The van der Waals surface area contributed by atoms with Crippen molar-refractivity contribution in [1.82, 2.24) is 42.1 Å². The summed E-state index contributed by atoms with van der Waals surface area (Å²) in [5, 5.41) is 52.9. The molecule has 0 saturated heterocycles. The summed E-state index contributed by atoms with van der Waals surface area (Å²) in [5.41, 5.74) is 21.4. The number of hydrogen-bond donors (Lipinski definition) is 15. The van der Waals surface area contributed by atoms with Gasteiger partial charge in [0, 0.05) is 32.7 Å². The molecule has 0 aromatic heterocycles. The second kappa shape index (κ2) is 31.5. The van der Waals surface area contributed by atoms with Crippen molar-refractivity contribution in [1.29, 1.82) is 0 Å². The lowest BCUT2D eigenvalue weighted by Gasteiger charge is -2.30. The van der Waals surface area contributed by atoms with E-state index in [-0.39, 0.29) is 25.7 Å². The van der Waals surface area contributed by atoms with Gasteiger partial charge in [-0.05, 0) is 39.0 Å². The smallest absolute Gasteiger partial charge is 0.303 e. The van der Waals surface area contributed by atoms with E-state index in [9.17, 15) is 77.3 Å². The van der Waals surface area contributed by atoms with Crippen molar-refractivity contribution >= 4 is 82.9 Å². The fraction of sp³-hybridized carbons (Fsp3) is 0.641. The maximum atomic E-state index is 13.6. The van der Waals surface area contributed by atoms with Gasteiger partial charge in [0.1, 0.15) is 42.3 Å². The Morgan fingerprint density at radius 1 is 0.536 bits per heavy atom. The normalized spacial score (nSPS) is 14.2. The van der Waals surface area contributed by atoms with Gasteiger partial charge in [-0.2, -0.15) is 0 Å². The maximum Gasteiger partial charge on any atom is 0.303 e. The Labute approximate surface area is 394 Å². The molecule has 30 heteroatoms. The standard InChI is InChI=1S/C39H64N12O18/c1-4-5-6-20(36(66)50-24(17-52)38(68)49-23(15-27(42)54)39(69)51(3)25(32(43)62)10-14-31(60)61)48-37(67)22(9-13-30(58)59)46-33(63)18(2)45-28(55)16-44-35(65)21(8-11-26(41)53)47-34(64)19(40)7-12-29(56)57/h18-25,52H,4-17,40H2,1-3H3,(H2,41,53)(H2,42,54)(H2,43,62)(H,44,65)(H,45,55)(H,46,63)(H,47,64)(H,48,67)(H,49,68)(H,50,66)(H,56,57)(H,58,59)(H,60,61)/t18-,19-,20-,21-,22-,23-,24-,25-/m0/s1. The highest BCUT2D eigenvalue weighted by atomic mass is 16.4. The largest absolute Gasteiger partial charge is 0.481 e. The molecule has 388 valence electrons. The van der Waals surface area contributed by atoms with E-state index in [4.69, 9.17) is 33.1 Å². The van der Waals surface area contributed by atoms with Crippen LogP contribution in [-0.4, -0.2) is 177 Å². The van der Waals surface area contributed by atoms with Crippen LogP contribution in [0.2, 0.25) is 0 Å². The fourth-order valence-corrected chi connectivity index (χ4v) is 6.00. The highest BCUT2D eigenvalue weighted by molar-refractivity contribution is 5.98. The molecule has 0 radical (unpaired) electrons. The molecule has 0 rings (SSSR count).